The molecule has 0 aliphatic carbocycles. The van der Waals surface area contributed by atoms with Crippen LogP contribution in [0.5, 0.6) is 0 Å². The van der Waals surface area contributed by atoms with Gasteiger partial charge in [-0.05, 0) is 18.9 Å². The molecule has 2 nitrogen and oxygen atoms in total. The van der Waals surface area contributed by atoms with Gasteiger partial charge in [0.15, 0.2) is 0 Å². The summed E-state index contributed by atoms with van der Waals surface area (Å²) in [6.45, 7) is 5.00. The van der Waals surface area contributed by atoms with Crippen LogP contribution in [-0.4, -0.2) is 12.5 Å². The lowest BCUT2D eigenvalue weighted by Gasteiger charge is -2.00. The molecule has 0 bridgehead atoms. The summed E-state index contributed by atoms with van der Waals surface area (Å²) in [6.07, 6.45) is 3.17. The van der Waals surface area contributed by atoms with E-state index in [1.54, 1.807) is 11.3 Å². The number of hydrogen-bond acceptors (Lipinski definition) is 2. The summed E-state index contributed by atoms with van der Waals surface area (Å²) in [5.74, 6) is 0.0643. The molecule has 1 aromatic heterocycles. The second kappa shape index (κ2) is 5.81. The van der Waals surface area contributed by atoms with E-state index in [2.05, 4.69) is 19.2 Å². The second-order valence-corrected chi connectivity index (χ2v) is 4.26. The largest absolute Gasteiger partial charge is 0.352 e. The van der Waals surface area contributed by atoms with Crippen molar-refractivity contribution in [2.24, 2.45) is 0 Å². The molecule has 14 heavy (non-hydrogen) atoms. The Bertz CT molecular complexity index is 293. The first-order valence-corrected chi connectivity index (χ1v) is 6.01. The number of nitrogens with one attached hydrogen (secondary N) is 1. The molecule has 0 aromatic carbocycles. The van der Waals surface area contributed by atoms with Crippen molar-refractivity contribution < 1.29 is 4.79 Å². The minimum atomic E-state index is 0.0643. The number of rotatable bonds is 5. The maximum atomic E-state index is 11.5. The van der Waals surface area contributed by atoms with E-state index in [4.69, 9.17) is 0 Å². The summed E-state index contributed by atoms with van der Waals surface area (Å²) in [5, 5.41) is 4.84. The van der Waals surface area contributed by atoms with Crippen LogP contribution >= 0.6 is 11.3 Å². The normalized spacial score (nSPS) is 10.1. The third kappa shape index (κ3) is 3.14. The molecule has 0 unspecified atom stereocenters. The molecule has 0 saturated carbocycles. The lowest BCUT2D eigenvalue weighted by molar-refractivity contribution is 0.0953. The van der Waals surface area contributed by atoms with Gasteiger partial charge in [0.05, 0.1) is 5.56 Å². The van der Waals surface area contributed by atoms with E-state index >= 15 is 0 Å². The number of thiophene rings is 1. The number of carbonyl (C=O) groups is 1. The summed E-state index contributed by atoms with van der Waals surface area (Å²) in [7, 11) is 0. The van der Waals surface area contributed by atoms with Gasteiger partial charge in [0.25, 0.3) is 5.91 Å². The molecule has 1 N–H and O–H groups in total. The van der Waals surface area contributed by atoms with Crippen LogP contribution in [0.2, 0.25) is 0 Å². The summed E-state index contributed by atoms with van der Waals surface area (Å²) in [5.41, 5.74) is 0.808. The SMILES string of the molecule is CCCCNC(=O)c1csc(CC)c1. The van der Waals surface area contributed by atoms with E-state index in [-0.39, 0.29) is 5.91 Å². The van der Waals surface area contributed by atoms with Crippen molar-refractivity contribution in [1.82, 2.24) is 5.32 Å². The zero-order valence-corrected chi connectivity index (χ0v) is 9.62. The molecule has 0 aliphatic rings. The van der Waals surface area contributed by atoms with Crippen LogP contribution in [0.4, 0.5) is 0 Å². The van der Waals surface area contributed by atoms with Gasteiger partial charge in [-0.25, -0.2) is 0 Å². The molecule has 0 spiro atoms. The molecular formula is C11H17NOS. The Balaban J connectivity index is 2.44. The van der Waals surface area contributed by atoms with Crippen molar-refractivity contribution in [2.45, 2.75) is 33.1 Å². The first-order chi connectivity index (χ1) is 6.77. The number of unbranched alkanes of at least 4 members (excludes halogenated alkanes) is 1. The highest BCUT2D eigenvalue weighted by Crippen LogP contribution is 2.14. The number of amides is 1. The Labute approximate surface area is 89.3 Å². The van der Waals surface area contributed by atoms with Gasteiger partial charge in [0.1, 0.15) is 0 Å². The van der Waals surface area contributed by atoms with E-state index < -0.39 is 0 Å². The van der Waals surface area contributed by atoms with Crippen molar-refractivity contribution >= 4 is 17.2 Å². The summed E-state index contributed by atoms with van der Waals surface area (Å²) in [4.78, 5) is 12.8. The predicted molar refractivity (Wildman–Crippen MR) is 60.9 cm³/mol. The summed E-state index contributed by atoms with van der Waals surface area (Å²) in [6, 6.07) is 1.98. The second-order valence-electron chi connectivity index (χ2n) is 3.26. The fourth-order valence-electron chi connectivity index (χ4n) is 1.17. The van der Waals surface area contributed by atoms with E-state index in [0.717, 1.165) is 31.4 Å². The zero-order chi connectivity index (χ0) is 10.4. The van der Waals surface area contributed by atoms with Crippen LogP contribution in [0, 0.1) is 0 Å². The highest BCUT2D eigenvalue weighted by molar-refractivity contribution is 7.10. The molecule has 1 amide bonds. The highest BCUT2D eigenvalue weighted by atomic mass is 32.1. The average Bonchev–Trinajstić information content (AvgIpc) is 2.66. The van der Waals surface area contributed by atoms with E-state index in [9.17, 15) is 4.79 Å². The van der Waals surface area contributed by atoms with E-state index in [0.29, 0.717) is 0 Å². The van der Waals surface area contributed by atoms with Crippen molar-refractivity contribution in [3.63, 3.8) is 0 Å². The maximum Gasteiger partial charge on any atom is 0.252 e. The van der Waals surface area contributed by atoms with Gasteiger partial charge in [0, 0.05) is 16.8 Å². The molecule has 0 fully saturated rings. The molecule has 78 valence electrons. The van der Waals surface area contributed by atoms with Gasteiger partial charge >= 0.3 is 0 Å². The van der Waals surface area contributed by atoms with E-state index in [1.807, 2.05) is 11.4 Å². The van der Waals surface area contributed by atoms with Gasteiger partial charge in [-0.3, -0.25) is 4.79 Å². The molecular weight excluding hydrogens is 194 g/mol. The smallest absolute Gasteiger partial charge is 0.252 e. The molecule has 0 saturated heterocycles. The molecule has 0 atom stereocenters. The van der Waals surface area contributed by atoms with Crippen LogP contribution in [0.1, 0.15) is 41.9 Å². The van der Waals surface area contributed by atoms with Crippen molar-refractivity contribution in [2.75, 3.05) is 6.54 Å². The third-order valence-electron chi connectivity index (χ3n) is 2.08. The van der Waals surface area contributed by atoms with Crippen molar-refractivity contribution in [3.8, 4) is 0 Å². The van der Waals surface area contributed by atoms with Crippen molar-refractivity contribution in [3.05, 3.63) is 21.9 Å². The zero-order valence-electron chi connectivity index (χ0n) is 8.80. The molecule has 1 rings (SSSR count). The average molecular weight is 211 g/mol. The van der Waals surface area contributed by atoms with Gasteiger partial charge in [0.2, 0.25) is 0 Å². The molecule has 0 radical (unpaired) electrons. The van der Waals surface area contributed by atoms with Crippen LogP contribution in [0.25, 0.3) is 0 Å². The standard InChI is InChI=1S/C11H17NOS/c1-3-5-6-12-11(13)9-7-10(4-2)14-8-9/h7-8H,3-6H2,1-2H3,(H,12,13). The van der Waals surface area contributed by atoms with E-state index in [1.165, 1.54) is 4.88 Å². The Hall–Kier alpha value is -0.830. The Kier molecular flexibility index (Phi) is 4.66. The quantitative estimate of drug-likeness (QED) is 0.745. The highest BCUT2D eigenvalue weighted by Gasteiger charge is 2.06. The van der Waals surface area contributed by atoms with Gasteiger partial charge in [-0.1, -0.05) is 20.3 Å². The Morgan fingerprint density at radius 3 is 2.86 bits per heavy atom. The lowest BCUT2D eigenvalue weighted by atomic mass is 10.2. The number of carbonyl (C=O) groups excluding carboxylic acids is 1. The fourth-order valence-corrected chi connectivity index (χ4v) is 1.98. The number of aryl methyl sites for hydroxylation is 1. The minimum Gasteiger partial charge on any atom is -0.352 e. The van der Waals surface area contributed by atoms with Crippen LogP contribution in [0.15, 0.2) is 11.4 Å². The van der Waals surface area contributed by atoms with Crippen LogP contribution in [0.3, 0.4) is 0 Å². The predicted octanol–water partition coefficient (Wildman–Crippen LogP) is 2.84. The number of hydrogen-bond donors (Lipinski definition) is 1. The lowest BCUT2D eigenvalue weighted by Crippen LogP contribution is -2.23. The Morgan fingerprint density at radius 1 is 1.50 bits per heavy atom. The first-order valence-electron chi connectivity index (χ1n) is 5.13. The summed E-state index contributed by atoms with van der Waals surface area (Å²) >= 11 is 1.66. The molecule has 3 heteroatoms. The monoisotopic (exact) mass is 211 g/mol. The molecule has 1 heterocycles. The maximum absolute atomic E-state index is 11.5. The van der Waals surface area contributed by atoms with Crippen LogP contribution in [-0.2, 0) is 6.42 Å². The van der Waals surface area contributed by atoms with Crippen LogP contribution < -0.4 is 5.32 Å². The molecule has 1 aromatic rings. The molecule has 0 aliphatic heterocycles. The Morgan fingerprint density at radius 2 is 2.29 bits per heavy atom. The van der Waals surface area contributed by atoms with Gasteiger partial charge < -0.3 is 5.32 Å². The van der Waals surface area contributed by atoms with Gasteiger partial charge in [-0.15, -0.1) is 11.3 Å². The topological polar surface area (TPSA) is 29.1 Å². The first kappa shape index (κ1) is 11.2. The van der Waals surface area contributed by atoms with Crippen molar-refractivity contribution in [1.29, 1.82) is 0 Å². The third-order valence-corrected chi connectivity index (χ3v) is 3.16. The fraction of sp³-hybridized carbons (Fsp3) is 0.545. The van der Waals surface area contributed by atoms with Gasteiger partial charge in [-0.2, -0.15) is 0 Å². The minimum absolute atomic E-state index is 0.0643. The summed E-state index contributed by atoms with van der Waals surface area (Å²) < 4.78 is 0.